The summed E-state index contributed by atoms with van der Waals surface area (Å²) in [4.78, 5) is 4.44. The van der Waals surface area contributed by atoms with Crippen LogP contribution in [0.4, 0.5) is 0 Å². The summed E-state index contributed by atoms with van der Waals surface area (Å²) in [5.74, 6) is 1.85. The lowest BCUT2D eigenvalue weighted by atomic mass is 10.1. The molecule has 0 bridgehead atoms. The summed E-state index contributed by atoms with van der Waals surface area (Å²) in [6, 6.07) is 6.08. The van der Waals surface area contributed by atoms with Gasteiger partial charge in [-0.1, -0.05) is 6.07 Å². The van der Waals surface area contributed by atoms with Crippen LogP contribution in [0.25, 0.3) is 5.52 Å². The Kier molecular flexibility index (Phi) is 2.66. The molecule has 5 heteroatoms. The van der Waals surface area contributed by atoms with Gasteiger partial charge in [0.05, 0.1) is 23.2 Å². The zero-order valence-electron chi connectivity index (χ0n) is 10.3. The lowest BCUT2D eigenvalue weighted by Gasteiger charge is -2.08. The second-order valence-electron chi connectivity index (χ2n) is 5.08. The van der Waals surface area contributed by atoms with Gasteiger partial charge >= 0.3 is 0 Å². The van der Waals surface area contributed by atoms with Crippen molar-refractivity contribution in [3.05, 3.63) is 35.9 Å². The van der Waals surface area contributed by atoms with Gasteiger partial charge < -0.3 is 4.40 Å². The molecular formula is C13H16N2O2S. The van der Waals surface area contributed by atoms with Crippen molar-refractivity contribution >= 4 is 15.4 Å². The molecule has 0 aromatic carbocycles. The predicted octanol–water partition coefficient (Wildman–Crippen LogP) is 1.62. The number of hydrogen-bond acceptors (Lipinski definition) is 3. The van der Waals surface area contributed by atoms with E-state index in [4.69, 9.17) is 0 Å². The van der Waals surface area contributed by atoms with Gasteiger partial charge in [0.15, 0.2) is 9.84 Å². The van der Waals surface area contributed by atoms with Crippen LogP contribution in [0.1, 0.15) is 17.9 Å². The summed E-state index contributed by atoms with van der Waals surface area (Å²) < 4.78 is 25.1. The second-order valence-corrected chi connectivity index (χ2v) is 7.30. The molecule has 1 atom stereocenters. The summed E-state index contributed by atoms with van der Waals surface area (Å²) in [7, 11) is -2.80. The van der Waals surface area contributed by atoms with Crippen molar-refractivity contribution in [3.63, 3.8) is 0 Å². The first-order chi connectivity index (χ1) is 8.55. The number of nitrogens with zero attached hydrogens (tertiary/aromatic N) is 2. The lowest BCUT2D eigenvalue weighted by molar-refractivity contribution is 0.567. The van der Waals surface area contributed by atoms with Gasteiger partial charge in [-0.05, 0) is 31.4 Å². The molecule has 18 heavy (non-hydrogen) atoms. The molecule has 0 N–H and O–H groups in total. The van der Waals surface area contributed by atoms with Crippen LogP contribution in [-0.4, -0.2) is 29.3 Å². The fraction of sp³-hybridized carbons (Fsp3) is 0.462. The van der Waals surface area contributed by atoms with Gasteiger partial charge in [-0.25, -0.2) is 13.4 Å². The van der Waals surface area contributed by atoms with Gasteiger partial charge in [-0.2, -0.15) is 0 Å². The van der Waals surface area contributed by atoms with E-state index in [1.165, 1.54) is 0 Å². The molecule has 1 saturated heterocycles. The number of pyridine rings is 1. The highest BCUT2D eigenvalue weighted by Crippen LogP contribution is 2.23. The van der Waals surface area contributed by atoms with E-state index in [2.05, 4.69) is 9.38 Å². The van der Waals surface area contributed by atoms with Crippen LogP contribution < -0.4 is 0 Å². The van der Waals surface area contributed by atoms with E-state index in [-0.39, 0.29) is 5.92 Å². The molecule has 1 fully saturated rings. The molecular weight excluding hydrogens is 248 g/mol. The van der Waals surface area contributed by atoms with E-state index < -0.39 is 9.84 Å². The largest absolute Gasteiger partial charge is 0.301 e. The first-order valence-corrected chi connectivity index (χ1v) is 8.00. The van der Waals surface area contributed by atoms with Gasteiger partial charge in [-0.15, -0.1) is 0 Å². The number of hydrogen-bond donors (Lipinski definition) is 0. The fourth-order valence-corrected chi connectivity index (χ4v) is 4.59. The standard InChI is InChI=1S/C13H16N2O2S/c1-10-3-2-4-12-8-14-13(15(10)12)7-11-5-6-18(16,17)9-11/h2-4,8,11H,5-7,9H2,1H3. The van der Waals surface area contributed by atoms with Gasteiger partial charge in [0.1, 0.15) is 5.82 Å². The smallest absolute Gasteiger partial charge is 0.150 e. The molecule has 0 radical (unpaired) electrons. The molecule has 4 nitrogen and oxygen atoms in total. The topological polar surface area (TPSA) is 51.4 Å². The SMILES string of the molecule is Cc1cccc2cnc(CC3CCS(=O)(=O)C3)n12. The van der Waals surface area contributed by atoms with Crippen LogP contribution in [-0.2, 0) is 16.3 Å². The van der Waals surface area contributed by atoms with Crippen molar-refractivity contribution in [1.29, 1.82) is 0 Å². The Morgan fingerprint density at radius 1 is 1.44 bits per heavy atom. The Morgan fingerprint density at radius 2 is 2.28 bits per heavy atom. The molecule has 0 saturated carbocycles. The summed E-state index contributed by atoms with van der Waals surface area (Å²) in [6.07, 6.45) is 3.37. The molecule has 1 unspecified atom stereocenters. The van der Waals surface area contributed by atoms with Crippen LogP contribution in [0.15, 0.2) is 24.4 Å². The quantitative estimate of drug-likeness (QED) is 0.828. The maximum absolute atomic E-state index is 11.5. The fourth-order valence-electron chi connectivity index (χ4n) is 2.73. The Balaban J connectivity index is 1.92. The van der Waals surface area contributed by atoms with E-state index >= 15 is 0 Å². The highest BCUT2D eigenvalue weighted by Gasteiger charge is 2.28. The summed E-state index contributed by atoms with van der Waals surface area (Å²) in [6.45, 7) is 2.05. The Hall–Kier alpha value is -1.36. The first kappa shape index (κ1) is 11.7. The van der Waals surface area contributed by atoms with Crippen molar-refractivity contribution in [2.75, 3.05) is 11.5 Å². The average Bonchev–Trinajstić information content (AvgIpc) is 2.85. The Bertz CT molecular complexity index is 688. The molecule has 1 aliphatic heterocycles. The number of imidazole rings is 1. The van der Waals surface area contributed by atoms with Crippen molar-refractivity contribution in [3.8, 4) is 0 Å². The Morgan fingerprint density at radius 3 is 3.00 bits per heavy atom. The third kappa shape index (κ3) is 2.03. The van der Waals surface area contributed by atoms with Crippen molar-refractivity contribution in [2.24, 2.45) is 5.92 Å². The van der Waals surface area contributed by atoms with E-state index in [9.17, 15) is 8.42 Å². The third-order valence-electron chi connectivity index (χ3n) is 3.62. The molecule has 0 amide bonds. The summed E-state index contributed by atoms with van der Waals surface area (Å²) in [5, 5.41) is 0. The second kappa shape index (κ2) is 4.09. The highest BCUT2D eigenvalue weighted by molar-refractivity contribution is 7.91. The van der Waals surface area contributed by atoms with Gasteiger partial charge in [0, 0.05) is 12.1 Å². The number of sulfone groups is 1. The minimum absolute atomic E-state index is 0.222. The molecule has 1 aliphatic rings. The van der Waals surface area contributed by atoms with Crippen LogP contribution in [0.2, 0.25) is 0 Å². The predicted molar refractivity (Wildman–Crippen MR) is 70.4 cm³/mol. The number of fused-ring (bicyclic) bond motifs is 1. The highest BCUT2D eigenvalue weighted by atomic mass is 32.2. The molecule has 2 aromatic heterocycles. The van der Waals surface area contributed by atoms with Crippen molar-refractivity contribution in [2.45, 2.75) is 19.8 Å². The first-order valence-electron chi connectivity index (χ1n) is 6.17. The molecule has 96 valence electrons. The normalized spacial score (nSPS) is 22.6. The van der Waals surface area contributed by atoms with E-state index in [0.29, 0.717) is 11.5 Å². The molecule has 3 heterocycles. The molecule has 0 spiro atoms. The van der Waals surface area contributed by atoms with Crippen LogP contribution >= 0.6 is 0 Å². The molecule has 0 aliphatic carbocycles. The lowest BCUT2D eigenvalue weighted by Crippen LogP contribution is -2.10. The molecule has 2 aromatic rings. The third-order valence-corrected chi connectivity index (χ3v) is 5.45. The van der Waals surface area contributed by atoms with Crippen LogP contribution in [0.5, 0.6) is 0 Å². The number of aromatic nitrogens is 2. The minimum atomic E-state index is -2.80. The van der Waals surface area contributed by atoms with E-state index in [0.717, 1.165) is 29.9 Å². The van der Waals surface area contributed by atoms with Gasteiger partial charge in [0.2, 0.25) is 0 Å². The van der Waals surface area contributed by atoms with Crippen molar-refractivity contribution < 1.29 is 8.42 Å². The molecule has 3 rings (SSSR count). The number of rotatable bonds is 2. The average molecular weight is 264 g/mol. The van der Waals surface area contributed by atoms with E-state index in [1.807, 2.05) is 31.3 Å². The maximum Gasteiger partial charge on any atom is 0.150 e. The zero-order chi connectivity index (χ0) is 12.8. The van der Waals surface area contributed by atoms with Gasteiger partial charge in [-0.3, -0.25) is 0 Å². The summed E-state index contributed by atoms with van der Waals surface area (Å²) in [5.41, 5.74) is 2.21. The zero-order valence-corrected chi connectivity index (χ0v) is 11.2. The monoisotopic (exact) mass is 264 g/mol. The minimum Gasteiger partial charge on any atom is -0.301 e. The number of aryl methyl sites for hydroxylation is 1. The van der Waals surface area contributed by atoms with Crippen LogP contribution in [0, 0.1) is 12.8 Å². The van der Waals surface area contributed by atoms with Crippen molar-refractivity contribution in [1.82, 2.24) is 9.38 Å². The van der Waals surface area contributed by atoms with E-state index in [1.54, 1.807) is 0 Å². The summed E-state index contributed by atoms with van der Waals surface area (Å²) >= 11 is 0. The maximum atomic E-state index is 11.5. The van der Waals surface area contributed by atoms with Gasteiger partial charge in [0.25, 0.3) is 0 Å². The van der Waals surface area contributed by atoms with Crippen LogP contribution in [0.3, 0.4) is 0 Å². The Labute approximate surface area is 107 Å².